The van der Waals surface area contributed by atoms with Gasteiger partial charge >= 0.3 is 0 Å². The van der Waals surface area contributed by atoms with Crippen molar-refractivity contribution in [1.29, 1.82) is 0 Å². The van der Waals surface area contributed by atoms with E-state index in [9.17, 15) is 4.39 Å². The van der Waals surface area contributed by atoms with Crippen LogP contribution in [-0.2, 0) is 6.67 Å². The number of aromatic nitrogens is 4. The van der Waals surface area contributed by atoms with Crippen LogP contribution in [0.5, 0.6) is 0 Å². The normalized spacial score (nSPS) is 16.4. The highest BCUT2D eigenvalue weighted by atomic mass is 32.1. The second kappa shape index (κ2) is 8.87. The van der Waals surface area contributed by atoms with Gasteiger partial charge in [-0.3, -0.25) is 9.47 Å². The van der Waals surface area contributed by atoms with Crippen molar-refractivity contribution >= 4 is 33.8 Å². The molecule has 0 amide bonds. The summed E-state index contributed by atoms with van der Waals surface area (Å²) in [7, 11) is 0. The Morgan fingerprint density at radius 2 is 1.74 bits per heavy atom. The van der Waals surface area contributed by atoms with Gasteiger partial charge in [-0.1, -0.05) is 30.3 Å². The molecule has 3 aromatic carbocycles. The number of rotatable bonds is 5. The number of fused-ring (bicyclic) bond motifs is 1. The van der Waals surface area contributed by atoms with Crippen LogP contribution in [0.2, 0.25) is 0 Å². The van der Waals surface area contributed by atoms with Crippen molar-refractivity contribution in [3.63, 3.8) is 0 Å². The van der Waals surface area contributed by atoms with Gasteiger partial charge < -0.3 is 0 Å². The third-order valence-corrected chi connectivity index (χ3v) is 7.76. The van der Waals surface area contributed by atoms with Gasteiger partial charge in [0.1, 0.15) is 10.8 Å². The number of halogens is 1. The third-order valence-electron chi connectivity index (χ3n) is 6.23. The van der Waals surface area contributed by atoms with Gasteiger partial charge in [-0.25, -0.2) is 14.1 Å². The zero-order valence-corrected chi connectivity index (χ0v) is 20.0. The SMILES string of the molecule is Fc1ccc(-c2nn(CN3CCC[C@H]3c3nc4ccccc4s3)c(=S)n2-c2ccccc2)cc1. The standard InChI is InChI=1S/C26H22FN5S2/c27-19-14-12-18(13-15-19)24-29-31(26(33)32(24)20-7-2-1-3-8-20)17-30-16-6-10-22(30)25-28-21-9-4-5-11-23(21)34-25/h1-5,7-9,11-15,22H,6,10,16-17H2/t22-/m0/s1. The number of likely N-dealkylation sites (tertiary alicyclic amines) is 1. The minimum absolute atomic E-state index is 0.246. The van der Waals surface area contributed by atoms with E-state index in [1.54, 1.807) is 23.5 Å². The molecule has 1 aliphatic heterocycles. The highest BCUT2D eigenvalue weighted by Crippen LogP contribution is 2.37. The first-order chi connectivity index (χ1) is 16.7. The molecule has 0 spiro atoms. The van der Waals surface area contributed by atoms with Crippen LogP contribution in [0.25, 0.3) is 27.3 Å². The van der Waals surface area contributed by atoms with E-state index >= 15 is 0 Å². The fourth-order valence-corrected chi connectivity index (χ4v) is 6.00. The van der Waals surface area contributed by atoms with Gasteiger partial charge in [0.15, 0.2) is 5.82 Å². The van der Waals surface area contributed by atoms with Gasteiger partial charge in [0.2, 0.25) is 4.77 Å². The monoisotopic (exact) mass is 487 g/mol. The fraction of sp³-hybridized carbons (Fsp3) is 0.192. The number of hydrogen-bond donors (Lipinski definition) is 0. The van der Waals surface area contributed by atoms with Crippen LogP contribution < -0.4 is 0 Å². The Kier molecular flexibility index (Phi) is 5.57. The second-order valence-corrected chi connectivity index (χ2v) is 9.84. The largest absolute Gasteiger partial charge is 0.275 e. The molecule has 0 radical (unpaired) electrons. The van der Waals surface area contributed by atoms with Crippen LogP contribution in [0.3, 0.4) is 0 Å². The Morgan fingerprint density at radius 1 is 0.971 bits per heavy atom. The summed E-state index contributed by atoms with van der Waals surface area (Å²) in [5.41, 5.74) is 2.80. The van der Waals surface area contributed by atoms with Gasteiger partial charge in [-0.05, 0) is 73.6 Å². The number of nitrogens with zero attached hydrogens (tertiary/aromatic N) is 5. The molecule has 0 aliphatic carbocycles. The molecule has 5 nitrogen and oxygen atoms in total. The third kappa shape index (κ3) is 3.87. The first kappa shape index (κ1) is 21.3. The van der Waals surface area contributed by atoms with E-state index in [-0.39, 0.29) is 11.9 Å². The molecule has 1 aliphatic rings. The van der Waals surface area contributed by atoms with Crippen LogP contribution in [0, 0.1) is 10.6 Å². The molecular weight excluding hydrogens is 465 g/mol. The summed E-state index contributed by atoms with van der Waals surface area (Å²) in [5, 5.41) is 6.06. The summed E-state index contributed by atoms with van der Waals surface area (Å²) in [6.45, 7) is 1.54. The molecule has 8 heteroatoms. The summed E-state index contributed by atoms with van der Waals surface area (Å²) in [6, 6.07) is 24.9. The topological polar surface area (TPSA) is 38.9 Å². The summed E-state index contributed by atoms with van der Waals surface area (Å²) < 4.78 is 19.3. The number of benzene rings is 3. The zero-order valence-electron chi connectivity index (χ0n) is 18.3. The van der Waals surface area contributed by atoms with Gasteiger partial charge in [0.25, 0.3) is 0 Å². The van der Waals surface area contributed by atoms with Crippen molar-refractivity contribution in [2.45, 2.75) is 25.6 Å². The zero-order chi connectivity index (χ0) is 23.1. The number of hydrogen-bond acceptors (Lipinski definition) is 5. The van der Waals surface area contributed by atoms with Crippen molar-refractivity contribution < 1.29 is 4.39 Å². The van der Waals surface area contributed by atoms with E-state index in [4.69, 9.17) is 22.3 Å². The first-order valence-corrected chi connectivity index (χ1v) is 12.5. The quantitative estimate of drug-likeness (QED) is 0.261. The molecule has 0 saturated carbocycles. The molecule has 1 saturated heterocycles. The predicted molar refractivity (Wildman–Crippen MR) is 136 cm³/mol. The highest BCUT2D eigenvalue weighted by molar-refractivity contribution is 7.71. The van der Waals surface area contributed by atoms with Crippen molar-refractivity contribution in [2.24, 2.45) is 0 Å². The van der Waals surface area contributed by atoms with Gasteiger partial charge in [0, 0.05) is 17.8 Å². The van der Waals surface area contributed by atoms with E-state index < -0.39 is 0 Å². The Morgan fingerprint density at radius 3 is 2.53 bits per heavy atom. The lowest BCUT2D eigenvalue weighted by Gasteiger charge is -2.22. The van der Waals surface area contributed by atoms with Gasteiger partial charge in [-0.15, -0.1) is 16.4 Å². The maximum absolute atomic E-state index is 13.6. The summed E-state index contributed by atoms with van der Waals surface area (Å²) in [6.07, 6.45) is 2.18. The smallest absolute Gasteiger partial charge is 0.204 e. The molecule has 34 heavy (non-hydrogen) atoms. The molecule has 1 atom stereocenters. The fourth-order valence-electron chi connectivity index (χ4n) is 4.58. The second-order valence-electron chi connectivity index (χ2n) is 8.42. The van der Waals surface area contributed by atoms with Gasteiger partial charge in [0.05, 0.1) is 22.9 Å². The molecule has 0 N–H and O–H groups in total. The average Bonchev–Trinajstić information content (AvgIpc) is 3.58. The van der Waals surface area contributed by atoms with Crippen molar-refractivity contribution in [3.8, 4) is 17.1 Å². The summed E-state index contributed by atoms with van der Waals surface area (Å²) in [4.78, 5) is 7.32. The summed E-state index contributed by atoms with van der Waals surface area (Å²) >= 11 is 7.68. The molecule has 3 heterocycles. The first-order valence-electron chi connectivity index (χ1n) is 11.3. The van der Waals surface area contributed by atoms with Crippen molar-refractivity contribution in [3.05, 3.63) is 94.5 Å². The lowest BCUT2D eigenvalue weighted by atomic mass is 10.2. The van der Waals surface area contributed by atoms with Crippen LogP contribution in [0.4, 0.5) is 4.39 Å². The summed E-state index contributed by atoms with van der Waals surface area (Å²) in [5.74, 6) is 0.427. The van der Waals surface area contributed by atoms with Gasteiger partial charge in [-0.2, -0.15) is 0 Å². The highest BCUT2D eigenvalue weighted by Gasteiger charge is 2.30. The Labute approximate surface area is 205 Å². The molecule has 1 fully saturated rings. The number of para-hydroxylation sites is 2. The average molecular weight is 488 g/mol. The lowest BCUT2D eigenvalue weighted by Crippen LogP contribution is -2.27. The Balaban J connectivity index is 1.39. The molecule has 0 unspecified atom stereocenters. The molecule has 0 bridgehead atoms. The minimum Gasteiger partial charge on any atom is -0.275 e. The predicted octanol–water partition coefficient (Wildman–Crippen LogP) is 6.61. The van der Waals surface area contributed by atoms with Crippen LogP contribution in [0.1, 0.15) is 23.9 Å². The Hall–Kier alpha value is -3.20. The lowest BCUT2D eigenvalue weighted by molar-refractivity contribution is 0.190. The van der Waals surface area contributed by atoms with Crippen LogP contribution >= 0.6 is 23.6 Å². The van der Waals surface area contributed by atoms with E-state index in [1.807, 2.05) is 45.6 Å². The van der Waals surface area contributed by atoms with Crippen molar-refractivity contribution in [1.82, 2.24) is 24.2 Å². The molecule has 5 aromatic rings. The van der Waals surface area contributed by atoms with E-state index in [0.717, 1.165) is 41.2 Å². The molecule has 170 valence electrons. The minimum atomic E-state index is -0.274. The molecule has 2 aromatic heterocycles. The van der Waals surface area contributed by atoms with E-state index in [2.05, 4.69) is 23.1 Å². The van der Waals surface area contributed by atoms with Crippen LogP contribution in [-0.4, -0.2) is 30.8 Å². The van der Waals surface area contributed by atoms with E-state index in [0.29, 0.717) is 17.3 Å². The van der Waals surface area contributed by atoms with Crippen molar-refractivity contribution in [2.75, 3.05) is 6.54 Å². The number of thiazole rings is 1. The molecular formula is C26H22FN5S2. The van der Waals surface area contributed by atoms with E-state index in [1.165, 1.54) is 16.8 Å². The maximum Gasteiger partial charge on any atom is 0.204 e. The Bertz CT molecular complexity index is 1470. The molecule has 6 rings (SSSR count). The van der Waals surface area contributed by atoms with Crippen LogP contribution in [0.15, 0.2) is 78.9 Å². The maximum atomic E-state index is 13.6.